The topological polar surface area (TPSA) is 562 Å². The number of ether oxygens (including phenoxy) is 1. The summed E-state index contributed by atoms with van der Waals surface area (Å²) in [5.74, 6) is -11.5. The van der Waals surface area contributed by atoms with Crippen LogP contribution in [0.5, 0.6) is 5.75 Å². The highest BCUT2D eigenvalue weighted by atomic mass is 16.5. The number of amides is 12. The summed E-state index contributed by atoms with van der Waals surface area (Å²) in [6.07, 6.45) is 4.47. The van der Waals surface area contributed by atoms with Crippen molar-refractivity contribution in [2.75, 3.05) is 32.8 Å². The molecule has 2 fully saturated rings. The maximum atomic E-state index is 15.2. The molecule has 12 amide bonds. The number of carbonyl (C=O) groups excluding carboxylic acids is 15. The Kier molecular flexibility index (Phi) is 31.1. The molecule has 36 heteroatoms. The molecule has 20 N–H and O–H groups in total. The molecule has 612 valence electrons. The van der Waals surface area contributed by atoms with Gasteiger partial charge in [0.2, 0.25) is 70.9 Å². The Morgan fingerprint density at radius 2 is 1.21 bits per heavy atom. The van der Waals surface area contributed by atoms with Crippen LogP contribution in [0, 0.1) is 11.3 Å². The molecular formula is C79H98N18O18. The lowest BCUT2D eigenvalue weighted by atomic mass is 9.83. The number of unbranched alkanes of at least 4 members (excludes halogenated alkanes) is 1. The molecule has 0 unspecified atom stereocenters. The number of aromatic hydroxyl groups is 1. The first-order valence-electron chi connectivity index (χ1n) is 38.1. The Bertz CT molecular complexity index is 4570. The largest absolute Gasteiger partial charge is 0.508 e. The van der Waals surface area contributed by atoms with Gasteiger partial charge in [0, 0.05) is 109 Å². The molecule has 115 heavy (non-hydrogen) atoms. The smallest absolute Gasteiger partial charge is 0.306 e. The Morgan fingerprint density at radius 1 is 0.609 bits per heavy atom. The minimum absolute atomic E-state index is 0.0275. The van der Waals surface area contributed by atoms with E-state index in [2.05, 4.69) is 73.4 Å². The number of aliphatic hydroxyl groups is 1. The number of imidazole rings is 1. The Hall–Kier alpha value is -12.9. The number of aliphatic hydroxyl groups excluding tert-OH is 1. The summed E-state index contributed by atoms with van der Waals surface area (Å²) in [4.78, 5) is 218. The van der Waals surface area contributed by atoms with E-state index in [9.17, 15) is 72.5 Å². The van der Waals surface area contributed by atoms with Crippen molar-refractivity contribution in [1.82, 2.24) is 78.3 Å². The van der Waals surface area contributed by atoms with Gasteiger partial charge in [0.05, 0.1) is 19.5 Å². The molecule has 3 aliphatic rings. The van der Waals surface area contributed by atoms with Crippen LogP contribution in [-0.2, 0) is 92.9 Å². The van der Waals surface area contributed by atoms with Gasteiger partial charge in [0.1, 0.15) is 66.7 Å². The van der Waals surface area contributed by atoms with Crippen LogP contribution in [0.4, 0.5) is 0 Å². The minimum Gasteiger partial charge on any atom is -0.508 e. The molecule has 4 aromatic carbocycles. The third kappa shape index (κ3) is 24.8. The maximum Gasteiger partial charge on any atom is 0.306 e. The molecule has 2 aromatic heterocycles. The van der Waals surface area contributed by atoms with E-state index in [0.717, 1.165) is 0 Å². The first kappa shape index (κ1) is 86.1. The monoisotopic (exact) mass is 1590 g/mol. The normalized spacial score (nSPS) is 16.0. The zero-order valence-corrected chi connectivity index (χ0v) is 63.7. The first-order chi connectivity index (χ1) is 55.1. The fourth-order valence-electron chi connectivity index (χ4n) is 13.8. The van der Waals surface area contributed by atoms with Crippen molar-refractivity contribution in [3.05, 3.63) is 154 Å². The fraction of sp³-hybridized carbons (Fsp3) is 0.430. The van der Waals surface area contributed by atoms with Crippen molar-refractivity contribution in [2.24, 2.45) is 17.4 Å². The van der Waals surface area contributed by atoms with E-state index in [1.54, 1.807) is 74.6 Å². The van der Waals surface area contributed by atoms with Crippen molar-refractivity contribution in [3.63, 3.8) is 0 Å². The Labute approximate surface area is 661 Å². The summed E-state index contributed by atoms with van der Waals surface area (Å²) in [6.45, 7) is 1.95. The number of benzene rings is 4. The Morgan fingerprint density at radius 3 is 1.88 bits per heavy atom. The van der Waals surface area contributed by atoms with E-state index in [-0.39, 0.29) is 174 Å². The number of carbonyl (C=O) groups is 15. The zero-order valence-electron chi connectivity index (χ0n) is 63.7. The predicted molar refractivity (Wildman–Crippen MR) is 414 cm³/mol. The van der Waals surface area contributed by atoms with Gasteiger partial charge >= 0.3 is 5.97 Å². The number of nitrogens with one attached hydrogen (secondary N) is 14. The summed E-state index contributed by atoms with van der Waals surface area (Å²) in [7, 11) is 0. The van der Waals surface area contributed by atoms with Crippen LogP contribution in [0.3, 0.4) is 0 Å². The predicted octanol–water partition coefficient (Wildman–Crippen LogP) is -0.834. The van der Waals surface area contributed by atoms with Gasteiger partial charge in [0.15, 0.2) is 17.5 Å². The van der Waals surface area contributed by atoms with Crippen molar-refractivity contribution in [1.29, 1.82) is 5.41 Å². The number of hydrogen-bond donors (Lipinski definition) is 18. The standard InChI is InChI=1S/C79H98N18O18/c1-43(2)32-58(72(108)91-57(17-10-30-85-79(81)82)78(114)97-31-11-18-63(97)77(113)87-39-64(80)100)92-70(106)55(16-7-8-29-84-65(101)19-9-20-67(103)115-41-45-23-26-52-53(33-45)69(105)51-14-4-3-13-50(51)68(52)104)90-73(109)59(34-44-21-24-48(99)25-22-44)93-76(112)62(40-98)96-74(110)60(35-46-37-86-54-15-6-5-12-49(46)54)94-75(111)61(36-47-38-83-42-88-47)95-71(107)56-27-28-66(102)89-56/h3-6,12-15,21-26,33,37-38,42-43,55-63,86,98-99H,7-11,16-20,27-32,34-36,39-41H2,1-2H3,(H2,80,100)(H,83,88)(H,84,101)(H,87,113)(H,89,102)(H,90,109)(H,91,108)(H,92,106)(H,93,112)(H,94,111)(H,95,107)(H,96,110)(H4,81,82,85)/t55-,56+,57+,58+,59+,60+,61+,62+,63+/m1/s1. The van der Waals surface area contributed by atoms with Crippen LogP contribution >= 0.6 is 0 Å². The summed E-state index contributed by atoms with van der Waals surface area (Å²) in [5, 5.41) is 58.7. The van der Waals surface area contributed by atoms with Gasteiger partial charge < -0.3 is 99.8 Å². The first-order valence-corrected chi connectivity index (χ1v) is 38.1. The third-order valence-electron chi connectivity index (χ3n) is 19.7. The summed E-state index contributed by atoms with van der Waals surface area (Å²) >= 11 is 0. The maximum absolute atomic E-state index is 15.2. The molecule has 36 nitrogen and oxygen atoms in total. The van der Waals surface area contributed by atoms with Crippen molar-refractivity contribution in [3.8, 4) is 5.75 Å². The number of esters is 1. The van der Waals surface area contributed by atoms with Crippen LogP contribution in [-0.4, -0.2) is 212 Å². The second kappa shape index (κ2) is 41.6. The zero-order chi connectivity index (χ0) is 82.8. The van der Waals surface area contributed by atoms with Crippen LogP contribution in [0.1, 0.15) is 152 Å². The molecule has 2 saturated heterocycles. The van der Waals surface area contributed by atoms with E-state index in [1.165, 1.54) is 53.8 Å². The van der Waals surface area contributed by atoms with Crippen molar-refractivity contribution in [2.45, 2.75) is 178 Å². The summed E-state index contributed by atoms with van der Waals surface area (Å²) < 4.78 is 5.45. The molecule has 4 heterocycles. The van der Waals surface area contributed by atoms with E-state index < -0.39 is 138 Å². The lowest BCUT2D eigenvalue weighted by molar-refractivity contribution is -0.145. The summed E-state index contributed by atoms with van der Waals surface area (Å²) in [5.41, 5.74) is 14.3. The Balaban J connectivity index is 0.913. The van der Waals surface area contributed by atoms with Crippen molar-refractivity contribution >= 4 is 105 Å². The second-order valence-electron chi connectivity index (χ2n) is 28.9. The number of nitrogens with zero attached hydrogens (tertiary/aromatic N) is 2. The number of guanidine groups is 1. The van der Waals surface area contributed by atoms with Gasteiger partial charge in [-0.25, -0.2) is 4.98 Å². The molecule has 9 rings (SSSR count). The van der Waals surface area contributed by atoms with Crippen LogP contribution in [0.2, 0.25) is 0 Å². The summed E-state index contributed by atoms with van der Waals surface area (Å²) in [6, 6.07) is 11.0. The molecule has 0 saturated carbocycles. The number of para-hydroxylation sites is 1. The number of nitrogens with two attached hydrogens (primary N) is 2. The SMILES string of the molecule is CC(C)C[C@H](NC(=O)[C@@H](CCCCNC(=O)CCCC(=O)OCc1ccc2c(c1)C(=O)c1ccccc1C2=O)NC(=O)[C@H](Cc1ccc(O)cc1)NC(=O)[C@H](CO)NC(=O)[C@H](Cc1c[nH]c2ccccc12)NC(=O)[C@H](Cc1cnc[nH]1)NC(=O)[C@@H]1CCC(=O)N1)C(=O)N[C@@H](CCCNC(=N)N)C(=O)N1CCC[C@H]1C(=O)NCC(N)=O. The van der Waals surface area contributed by atoms with Crippen molar-refractivity contribution < 1.29 is 86.9 Å². The number of rotatable bonds is 42. The highest BCUT2D eigenvalue weighted by Gasteiger charge is 2.41. The van der Waals surface area contributed by atoms with E-state index in [0.29, 0.717) is 45.3 Å². The number of fused-ring (bicyclic) bond motifs is 3. The molecule has 1 aliphatic carbocycles. The highest BCUT2D eigenvalue weighted by Crippen LogP contribution is 2.29. The average Bonchev–Trinajstić information content (AvgIpc) is 1.49. The molecule has 9 atom stereocenters. The number of aromatic nitrogens is 3. The molecule has 6 aromatic rings. The minimum atomic E-state index is -1.86. The molecule has 0 spiro atoms. The van der Waals surface area contributed by atoms with Gasteiger partial charge in [-0.05, 0) is 117 Å². The third-order valence-corrected chi connectivity index (χ3v) is 19.7. The number of hydrogen-bond acceptors (Lipinski definition) is 20. The molecule has 0 bridgehead atoms. The quantitative estimate of drug-likeness (QED) is 0.00960. The van der Waals surface area contributed by atoms with Gasteiger partial charge in [-0.2, -0.15) is 0 Å². The highest BCUT2D eigenvalue weighted by molar-refractivity contribution is 6.28. The number of H-pyrrole nitrogens is 2. The van der Waals surface area contributed by atoms with Gasteiger partial charge in [0.25, 0.3) is 0 Å². The van der Waals surface area contributed by atoms with Gasteiger partial charge in [-0.15, -0.1) is 0 Å². The van der Waals surface area contributed by atoms with E-state index >= 15 is 9.59 Å². The number of primary amides is 1. The fourth-order valence-corrected chi connectivity index (χ4v) is 13.8. The lowest BCUT2D eigenvalue weighted by Gasteiger charge is -2.31. The van der Waals surface area contributed by atoms with Gasteiger partial charge in [-0.3, -0.25) is 77.3 Å². The molecule has 0 radical (unpaired) electrons. The van der Waals surface area contributed by atoms with E-state index in [1.807, 2.05) is 0 Å². The number of aromatic amines is 2. The van der Waals surface area contributed by atoms with Crippen LogP contribution < -0.4 is 70.0 Å². The number of likely N-dealkylation sites (tertiary alicyclic amines) is 1. The van der Waals surface area contributed by atoms with Gasteiger partial charge in [-0.1, -0.05) is 74.5 Å². The number of ketones is 2. The molecule has 2 aliphatic heterocycles. The molecular weight excluding hydrogens is 1490 g/mol. The second-order valence-corrected chi connectivity index (χ2v) is 28.9. The lowest BCUT2D eigenvalue weighted by Crippen LogP contribution is -2.61. The average molecular weight is 1590 g/mol. The van der Waals surface area contributed by atoms with Crippen LogP contribution in [0.15, 0.2) is 110 Å². The van der Waals surface area contributed by atoms with E-state index in [4.69, 9.17) is 21.6 Å². The number of phenolic OH excluding ortho intramolecular Hbond substituents is 1. The van der Waals surface area contributed by atoms with Crippen LogP contribution in [0.25, 0.3) is 10.9 Å². The number of phenols is 1.